The number of hydrogen-bond donors (Lipinski definition) is 2. The zero-order valence-electron chi connectivity index (χ0n) is 9.04. The minimum Gasteiger partial charge on any atom is -0.506 e. The van der Waals surface area contributed by atoms with E-state index in [1.165, 1.54) is 0 Å². The molecule has 0 radical (unpaired) electrons. The second kappa shape index (κ2) is 3.52. The second-order valence-electron chi connectivity index (χ2n) is 3.87. The zero-order chi connectivity index (χ0) is 11.8. The molecule has 0 fully saturated rings. The van der Waals surface area contributed by atoms with Gasteiger partial charge in [-0.15, -0.1) is 0 Å². The maximum Gasteiger partial charge on any atom is 0.137 e. The van der Waals surface area contributed by atoms with Crippen molar-refractivity contribution in [2.24, 2.45) is 0 Å². The predicted octanol–water partition coefficient (Wildman–Crippen LogP) is 2.29. The first-order valence-corrected chi connectivity index (χ1v) is 5.26. The van der Waals surface area contributed by atoms with E-state index in [1.807, 2.05) is 30.5 Å². The number of rotatable bonds is 1. The molecule has 3 rings (SSSR count). The smallest absolute Gasteiger partial charge is 0.137 e. The number of aromatic nitrogens is 2. The standard InChI is InChI=1S/C13H11N3O/c14-11-4-2-1-3-10(11)12-8-16-7-9(17)5-6-13(16)15-12/h1-8,17H,14H2. The molecule has 1 aromatic carbocycles. The summed E-state index contributed by atoms with van der Waals surface area (Å²) in [5, 5.41) is 9.39. The normalized spacial score (nSPS) is 10.8. The fourth-order valence-corrected chi connectivity index (χ4v) is 1.84. The molecule has 3 N–H and O–H groups in total. The summed E-state index contributed by atoms with van der Waals surface area (Å²) in [4.78, 5) is 4.46. The summed E-state index contributed by atoms with van der Waals surface area (Å²) in [5.41, 5.74) is 9.08. The average Bonchev–Trinajstić information content (AvgIpc) is 2.72. The molecule has 0 aliphatic carbocycles. The minimum atomic E-state index is 0.211. The van der Waals surface area contributed by atoms with Crippen LogP contribution in [0.5, 0.6) is 5.75 Å². The Balaban J connectivity index is 2.22. The number of nitrogen functional groups attached to an aromatic ring is 1. The van der Waals surface area contributed by atoms with Crippen molar-refractivity contribution < 1.29 is 5.11 Å². The van der Waals surface area contributed by atoms with E-state index in [4.69, 9.17) is 5.73 Å². The van der Waals surface area contributed by atoms with Gasteiger partial charge in [0.1, 0.15) is 11.4 Å². The van der Waals surface area contributed by atoms with E-state index < -0.39 is 0 Å². The van der Waals surface area contributed by atoms with E-state index in [9.17, 15) is 5.11 Å². The Morgan fingerprint density at radius 1 is 1.06 bits per heavy atom. The highest BCUT2D eigenvalue weighted by Crippen LogP contribution is 2.25. The van der Waals surface area contributed by atoms with E-state index in [1.54, 1.807) is 22.7 Å². The molecule has 4 heteroatoms. The number of para-hydroxylation sites is 1. The summed E-state index contributed by atoms with van der Waals surface area (Å²) in [6.45, 7) is 0. The monoisotopic (exact) mass is 225 g/mol. The second-order valence-corrected chi connectivity index (χ2v) is 3.87. The van der Waals surface area contributed by atoms with Crippen molar-refractivity contribution >= 4 is 11.3 Å². The summed E-state index contributed by atoms with van der Waals surface area (Å²) in [6, 6.07) is 11.0. The van der Waals surface area contributed by atoms with Gasteiger partial charge in [0.05, 0.1) is 11.9 Å². The Morgan fingerprint density at radius 3 is 2.71 bits per heavy atom. The van der Waals surface area contributed by atoms with Crippen LogP contribution >= 0.6 is 0 Å². The van der Waals surface area contributed by atoms with Crippen LogP contribution in [0, 0.1) is 0 Å². The number of fused-ring (bicyclic) bond motifs is 1. The summed E-state index contributed by atoms with van der Waals surface area (Å²) in [6.07, 6.45) is 3.46. The van der Waals surface area contributed by atoms with Gasteiger partial charge in [0, 0.05) is 17.4 Å². The third-order valence-corrected chi connectivity index (χ3v) is 2.67. The van der Waals surface area contributed by atoms with Crippen LogP contribution in [0.25, 0.3) is 16.9 Å². The molecule has 0 atom stereocenters. The van der Waals surface area contributed by atoms with Gasteiger partial charge in [-0.3, -0.25) is 0 Å². The van der Waals surface area contributed by atoms with E-state index >= 15 is 0 Å². The largest absolute Gasteiger partial charge is 0.506 e. The molecule has 3 aromatic rings. The maximum absolute atomic E-state index is 9.39. The molecular weight excluding hydrogens is 214 g/mol. The highest BCUT2D eigenvalue weighted by molar-refractivity contribution is 5.74. The number of imidazole rings is 1. The highest BCUT2D eigenvalue weighted by atomic mass is 16.3. The van der Waals surface area contributed by atoms with Gasteiger partial charge < -0.3 is 15.2 Å². The third kappa shape index (κ3) is 1.59. The summed E-state index contributed by atoms with van der Waals surface area (Å²) < 4.78 is 1.77. The topological polar surface area (TPSA) is 63.5 Å². The molecule has 0 amide bonds. The highest BCUT2D eigenvalue weighted by Gasteiger charge is 2.06. The third-order valence-electron chi connectivity index (χ3n) is 2.67. The van der Waals surface area contributed by atoms with Crippen molar-refractivity contribution in [2.75, 3.05) is 5.73 Å². The van der Waals surface area contributed by atoms with Crippen molar-refractivity contribution in [1.29, 1.82) is 0 Å². The Hall–Kier alpha value is -2.49. The zero-order valence-corrected chi connectivity index (χ0v) is 9.04. The van der Waals surface area contributed by atoms with E-state index in [0.717, 1.165) is 16.9 Å². The molecule has 0 unspecified atom stereocenters. The number of anilines is 1. The lowest BCUT2D eigenvalue weighted by molar-refractivity contribution is 0.472. The fourth-order valence-electron chi connectivity index (χ4n) is 1.84. The summed E-state index contributed by atoms with van der Waals surface area (Å²) in [7, 11) is 0. The van der Waals surface area contributed by atoms with Gasteiger partial charge in [-0.25, -0.2) is 4.98 Å². The Labute approximate surface area is 98.0 Å². The van der Waals surface area contributed by atoms with Gasteiger partial charge in [0.25, 0.3) is 0 Å². The van der Waals surface area contributed by atoms with Crippen molar-refractivity contribution in [3.8, 4) is 17.0 Å². The number of aromatic hydroxyl groups is 1. The molecule has 4 nitrogen and oxygen atoms in total. The van der Waals surface area contributed by atoms with Gasteiger partial charge in [0.2, 0.25) is 0 Å². The number of benzene rings is 1. The van der Waals surface area contributed by atoms with Crippen LogP contribution in [-0.2, 0) is 0 Å². The minimum absolute atomic E-state index is 0.211. The van der Waals surface area contributed by atoms with E-state index in [0.29, 0.717) is 5.69 Å². The molecular formula is C13H11N3O. The quantitative estimate of drug-likeness (QED) is 0.624. The number of hydrogen-bond acceptors (Lipinski definition) is 3. The summed E-state index contributed by atoms with van der Waals surface area (Å²) >= 11 is 0. The summed E-state index contributed by atoms with van der Waals surface area (Å²) in [5.74, 6) is 0.211. The van der Waals surface area contributed by atoms with Crippen LogP contribution in [0.15, 0.2) is 48.8 Å². The molecule has 2 heterocycles. The van der Waals surface area contributed by atoms with Gasteiger partial charge in [-0.1, -0.05) is 18.2 Å². The van der Waals surface area contributed by atoms with Crippen LogP contribution in [0.3, 0.4) is 0 Å². The van der Waals surface area contributed by atoms with Gasteiger partial charge in [0.15, 0.2) is 0 Å². The van der Waals surface area contributed by atoms with Crippen molar-refractivity contribution in [2.45, 2.75) is 0 Å². The van der Waals surface area contributed by atoms with Crippen LogP contribution in [-0.4, -0.2) is 14.5 Å². The Kier molecular flexibility index (Phi) is 2.01. The van der Waals surface area contributed by atoms with E-state index in [2.05, 4.69) is 4.98 Å². The molecule has 0 saturated carbocycles. The van der Waals surface area contributed by atoms with Crippen LogP contribution < -0.4 is 5.73 Å². The maximum atomic E-state index is 9.39. The molecule has 0 spiro atoms. The van der Waals surface area contributed by atoms with Crippen molar-refractivity contribution in [3.63, 3.8) is 0 Å². The molecule has 17 heavy (non-hydrogen) atoms. The van der Waals surface area contributed by atoms with Gasteiger partial charge in [-0.05, 0) is 18.2 Å². The molecule has 0 saturated heterocycles. The van der Waals surface area contributed by atoms with E-state index in [-0.39, 0.29) is 5.75 Å². The lowest BCUT2D eigenvalue weighted by atomic mass is 10.1. The molecule has 84 valence electrons. The van der Waals surface area contributed by atoms with Crippen LogP contribution in [0.4, 0.5) is 5.69 Å². The fraction of sp³-hybridized carbons (Fsp3) is 0. The number of nitrogens with two attached hydrogens (primary N) is 1. The molecule has 0 aliphatic heterocycles. The first-order chi connectivity index (χ1) is 8.24. The van der Waals surface area contributed by atoms with Crippen molar-refractivity contribution in [3.05, 3.63) is 48.8 Å². The predicted molar refractivity (Wildman–Crippen MR) is 66.7 cm³/mol. The van der Waals surface area contributed by atoms with Gasteiger partial charge >= 0.3 is 0 Å². The van der Waals surface area contributed by atoms with Crippen molar-refractivity contribution in [1.82, 2.24) is 9.38 Å². The first-order valence-electron chi connectivity index (χ1n) is 5.26. The molecule has 2 aromatic heterocycles. The number of nitrogens with zero attached hydrogens (tertiary/aromatic N) is 2. The average molecular weight is 225 g/mol. The lowest BCUT2D eigenvalue weighted by Crippen LogP contribution is -1.88. The van der Waals surface area contributed by atoms with Crippen LogP contribution in [0.2, 0.25) is 0 Å². The molecule has 0 bridgehead atoms. The van der Waals surface area contributed by atoms with Gasteiger partial charge in [-0.2, -0.15) is 0 Å². The van der Waals surface area contributed by atoms with Crippen LogP contribution in [0.1, 0.15) is 0 Å². The Morgan fingerprint density at radius 2 is 1.88 bits per heavy atom. The number of pyridine rings is 1. The lowest BCUT2D eigenvalue weighted by Gasteiger charge is -1.99. The SMILES string of the molecule is Nc1ccccc1-c1cn2cc(O)ccc2n1. The first kappa shape index (κ1) is 9.72. The molecule has 0 aliphatic rings. The Bertz CT molecular complexity index is 688.